The van der Waals surface area contributed by atoms with Gasteiger partial charge in [-0.2, -0.15) is 0 Å². The Morgan fingerprint density at radius 3 is 1.33 bits per heavy atom. The van der Waals surface area contributed by atoms with Gasteiger partial charge in [-0.25, -0.2) is 4.57 Å². The lowest BCUT2D eigenvalue weighted by molar-refractivity contribution is -0.870. The van der Waals surface area contributed by atoms with Gasteiger partial charge in [0.2, 0.25) is 5.91 Å². The van der Waals surface area contributed by atoms with Gasteiger partial charge in [-0.3, -0.25) is 13.8 Å². The number of nitrogens with zero attached hydrogens (tertiary/aromatic N) is 1. The Morgan fingerprint density at radius 1 is 0.569 bits per heavy atom. The molecule has 0 fully saturated rings. The van der Waals surface area contributed by atoms with Crippen LogP contribution in [0.3, 0.4) is 0 Å². The zero-order valence-corrected chi connectivity index (χ0v) is 40.2. The lowest BCUT2D eigenvalue weighted by Gasteiger charge is -2.26. The predicted molar refractivity (Wildman–Crippen MR) is 249 cm³/mol. The number of phosphoric ester groups is 1. The minimum absolute atomic E-state index is 0.0725. The number of quaternary nitrogens is 1. The number of hydrogen-bond acceptors (Lipinski definition) is 5. The maximum absolute atomic E-state index is 12.9. The Balaban J connectivity index is 4.29. The number of likely N-dealkylation sites (N-methyl/N-ethyl adjacent to an activating group) is 1. The highest BCUT2D eigenvalue weighted by Crippen LogP contribution is 2.43. The van der Waals surface area contributed by atoms with Crippen molar-refractivity contribution < 1.29 is 32.9 Å². The number of aliphatic hydroxyl groups is 1. The van der Waals surface area contributed by atoms with Gasteiger partial charge in [-0.15, -0.1) is 0 Å². The van der Waals surface area contributed by atoms with Crippen molar-refractivity contribution in [3.05, 3.63) is 12.2 Å². The summed E-state index contributed by atoms with van der Waals surface area (Å²) in [6.07, 6.45) is 48.2. The van der Waals surface area contributed by atoms with Gasteiger partial charge in [0.05, 0.1) is 39.9 Å². The molecule has 346 valence electrons. The number of phosphoric acid groups is 1. The number of rotatable bonds is 46. The molecular formula is C49H100N2O6P+. The standard InChI is InChI=1S/C49H99N2O6P/c1-6-8-10-12-14-16-18-20-22-24-25-27-29-31-33-35-37-39-41-43-49(53)50-47(46-57-58(54,55)56-45-44-51(3,4)5)48(52)42-40-38-36-34-32-30-28-26-23-21-19-17-15-13-11-9-7-2/h32,34,47-48,52H,6-31,33,35-46H2,1-5H3,(H-,50,53,54,55)/p+1/b34-32+/t47-,48+/m0/s1. The number of carbonyl (C=O) groups is 1. The minimum Gasteiger partial charge on any atom is -0.391 e. The highest BCUT2D eigenvalue weighted by atomic mass is 31.2. The Kier molecular flexibility index (Phi) is 41.0. The molecule has 58 heavy (non-hydrogen) atoms. The minimum atomic E-state index is -4.32. The maximum Gasteiger partial charge on any atom is 0.472 e. The fourth-order valence-corrected chi connectivity index (χ4v) is 8.25. The molecule has 0 spiro atoms. The first-order valence-electron chi connectivity index (χ1n) is 25.1. The van der Waals surface area contributed by atoms with Gasteiger partial charge in [0.1, 0.15) is 13.2 Å². The SMILES string of the molecule is CCCCCCCCCCCCC/C=C/CCCC[C@@H](O)[C@H](COP(=O)(O)OCC[N+](C)(C)C)NC(=O)CCCCCCCCCCCCCCCCCCCCC. The quantitative estimate of drug-likeness (QED) is 0.0244. The second-order valence-electron chi connectivity index (χ2n) is 18.5. The largest absolute Gasteiger partial charge is 0.472 e. The third-order valence-corrected chi connectivity index (χ3v) is 12.5. The van der Waals surface area contributed by atoms with Crippen molar-refractivity contribution in [2.75, 3.05) is 40.9 Å². The third kappa shape index (κ3) is 43.3. The van der Waals surface area contributed by atoms with Gasteiger partial charge >= 0.3 is 7.82 Å². The number of amides is 1. The Bertz CT molecular complexity index is 958. The summed E-state index contributed by atoms with van der Waals surface area (Å²) in [6.45, 7) is 4.90. The van der Waals surface area contributed by atoms with Crippen molar-refractivity contribution in [3.8, 4) is 0 Å². The van der Waals surface area contributed by atoms with Gasteiger partial charge in [-0.1, -0.05) is 212 Å². The topological polar surface area (TPSA) is 105 Å². The summed E-state index contributed by atoms with van der Waals surface area (Å²) in [5, 5.41) is 14.0. The van der Waals surface area contributed by atoms with Gasteiger partial charge < -0.3 is 19.8 Å². The van der Waals surface area contributed by atoms with Crippen molar-refractivity contribution in [1.82, 2.24) is 5.32 Å². The first kappa shape index (κ1) is 57.2. The van der Waals surface area contributed by atoms with Crippen molar-refractivity contribution in [2.45, 2.75) is 257 Å². The van der Waals surface area contributed by atoms with Crippen LogP contribution in [-0.2, 0) is 18.4 Å². The first-order chi connectivity index (χ1) is 28.0. The lowest BCUT2D eigenvalue weighted by Crippen LogP contribution is -2.46. The molecule has 3 atom stereocenters. The van der Waals surface area contributed by atoms with Crippen molar-refractivity contribution in [3.63, 3.8) is 0 Å². The van der Waals surface area contributed by atoms with Crippen LogP contribution in [0.5, 0.6) is 0 Å². The number of hydrogen-bond donors (Lipinski definition) is 3. The molecule has 1 amide bonds. The van der Waals surface area contributed by atoms with Crippen LogP contribution >= 0.6 is 7.82 Å². The van der Waals surface area contributed by atoms with E-state index in [0.29, 0.717) is 23.9 Å². The van der Waals surface area contributed by atoms with E-state index >= 15 is 0 Å². The van der Waals surface area contributed by atoms with E-state index < -0.39 is 20.0 Å². The number of aliphatic hydroxyl groups excluding tert-OH is 1. The van der Waals surface area contributed by atoms with Crippen molar-refractivity contribution >= 4 is 13.7 Å². The molecule has 0 heterocycles. The number of allylic oxidation sites excluding steroid dienone is 2. The summed E-state index contributed by atoms with van der Waals surface area (Å²) < 4.78 is 23.7. The van der Waals surface area contributed by atoms with E-state index in [-0.39, 0.29) is 19.1 Å². The molecule has 0 aliphatic rings. The highest BCUT2D eigenvalue weighted by Gasteiger charge is 2.28. The third-order valence-electron chi connectivity index (χ3n) is 11.5. The van der Waals surface area contributed by atoms with Crippen LogP contribution in [0.2, 0.25) is 0 Å². The average molecular weight is 844 g/mol. The smallest absolute Gasteiger partial charge is 0.391 e. The van der Waals surface area contributed by atoms with E-state index in [0.717, 1.165) is 44.9 Å². The number of nitrogens with one attached hydrogen (secondary N) is 1. The molecule has 0 radical (unpaired) electrons. The van der Waals surface area contributed by atoms with E-state index in [1.54, 1.807) is 0 Å². The van der Waals surface area contributed by atoms with Crippen LogP contribution < -0.4 is 5.32 Å². The summed E-state index contributed by atoms with van der Waals surface area (Å²) in [4.78, 5) is 23.2. The van der Waals surface area contributed by atoms with Crippen LogP contribution in [0.25, 0.3) is 0 Å². The molecule has 3 N–H and O–H groups in total. The zero-order chi connectivity index (χ0) is 42.8. The van der Waals surface area contributed by atoms with E-state index in [4.69, 9.17) is 9.05 Å². The van der Waals surface area contributed by atoms with Crippen LogP contribution in [-0.4, -0.2) is 73.4 Å². The number of unbranched alkanes of at least 4 members (excludes halogenated alkanes) is 31. The first-order valence-corrected chi connectivity index (χ1v) is 26.5. The van der Waals surface area contributed by atoms with Crippen LogP contribution in [0.15, 0.2) is 12.2 Å². The predicted octanol–water partition coefficient (Wildman–Crippen LogP) is 14.3. The molecule has 0 saturated carbocycles. The van der Waals surface area contributed by atoms with E-state index in [1.807, 2.05) is 21.1 Å². The second-order valence-corrected chi connectivity index (χ2v) is 20.0. The Hall–Kier alpha value is -0.760. The molecule has 9 heteroatoms. The summed E-state index contributed by atoms with van der Waals surface area (Å²) in [5.74, 6) is -0.149. The lowest BCUT2D eigenvalue weighted by atomic mass is 10.0. The summed E-state index contributed by atoms with van der Waals surface area (Å²) in [7, 11) is 1.61. The normalized spacial score (nSPS) is 14.3. The Morgan fingerprint density at radius 2 is 0.931 bits per heavy atom. The molecule has 0 rings (SSSR count). The van der Waals surface area contributed by atoms with E-state index in [9.17, 15) is 19.4 Å². The molecule has 0 aromatic heterocycles. The maximum atomic E-state index is 12.9. The zero-order valence-electron chi connectivity index (χ0n) is 39.3. The molecule has 0 aromatic carbocycles. The van der Waals surface area contributed by atoms with Crippen molar-refractivity contribution in [2.24, 2.45) is 0 Å². The van der Waals surface area contributed by atoms with Gasteiger partial charge in [-0.05, 0) is 38.5 Å². The second kappa shape index (κ2) is 41.6. The summed E-state index contributed by atoms with van der Waals surface area (Å²) in [6, 6.07) is -0.771. The highest BCUT2D eigenvalue weighted by molar-refractivity contribution is 7.47. The molecule has 0 aliphatic heterocycles. The average Bonchev–Trinajstić information content (AvgIpc) is 3.17. The molecule has 0 aliphatic carbocycles. The fourth-order valence-electron chi connectivity index (χ4n) is 7.51. The van der Waals surface area contributed by atoms with Crippen LogP contribution in [0.1, 0.15) is 245 Å². The molecule has 0 saturated heterocycles. The molecular weight excluding hydrogens is 744 g/mol. The number of carbonyl (C=O) groups excluding carboxylic acids is 1. The molecule has 8 nitrogen and oxygen atoms in total. The van der Waals surface area contributed by atoms with E-state index in [2.05, 4.69) is 31.3 Å². The van der Waals surface area contributed by atoms with Gasteiger partial charge in [0.25, 0.3) is 0 Å². The Labute approximate surface area is 361 Å². The van der Waals surface area contributed by atoms with Gasteiger partial charge in [0.15, 0.2) is 0 Å². The van der Waals surface area contributed by atoms with Gasteiger partial charge in [0, 0.05) is 6.42 Å². The summed E-state index contributed by atoms with van der Waals surface area (Å²) in [5.41, 5.74) is 0. The monoisotopic (exact) mass is 844 g/mol. The molecule has 0 bridgehead atoms. The fraction of sp³-hybridized carbons (Fsp3) is 0.939. The van der Waals surface area contributed by atoms with Crippen LogP contribution in [0, 0.1) is 0 Å². The summed E-state index contributed by atoms with van der Waals surface area (Å²) >= 11 is 0. The molecule has 1 unspecified atom stereocenters. The van der Waals surface area contributed by atoms with Crippen molar-refractivity contribution in [1.29, 1.82) is 0 Å². The van der Waals surface area contributed by atoms with E-state index in [1.165, 1.54) is 173 Å². The molecule has 0 aromatic rings. The van der Waals surface area contributed by atoms with Crippen LogP contribution in [0.4, 0.5) is 0 Å².